The van der Waals surface area contributed by atoms with Crippen molar-refractivity contribution in [2.24, 2.45) is 11.3 Å². The molecule has 0 bridgehead atoms. The van der Waals surface area contributed by atoms with Gasteiger partial charge in [0.05, 0.1) is 5.76 Å². The van der Waals surface area contributed by atoms with Crippen LogP contribution < -0.4 is 0 Å². The van der Waals surface area contributed by atoms with Crippen molar-refractivity contribution in [1.82, 2.24) is 0 Å². The second-order valence-electron chi connectivity index (χ2n) is 5.86. The molecule has 2 rings (SSSR count). The summed E-state index contributed by atoms with van der Waals surface area (Å²) in [7, 11) is 0. The van der Waals surface area contributed by atoms with Crippen molar-refractivity contribution >= 4 is 0 Å². The highest BCUT2D eigenvalue weighted by Gasteiger charge is 2.48. The fourth-order valence-electron chi connectivity index (χ4n) is 3.45. The Balaban J connectivity index is 2.30. The molecule has 14 heavy (non-hydrogen) atoms. The first-order chi connectivity index (χ1) is 6.44. The summed E-state index contributed by atoms with van der Waals surface area (Å²) in [5.41, 5.74) is 0.560. The quantitative estimate of drug-likeness (QED) is 0.568. The van der Waals surface area contributed by atoms with Gasteiger partial charge >= 0.3 is 0 Å². The minimum atomic E-state index is 0.112. The van der Waals surface area contributed by atoms with Crippen LogP contribution in [-0.4, -0.2) is 5.60 Å². The summed E-state index contributed by atoms with van der Waals surface area (Å²) in [6, 6.07) is 0. The minimum absolute atomic E-state index is 0.112. The van der Waals surface area contributed by atoms with Gasteiger partial charge < -0.3 is 4.74 Å². The van der Waals surface area contributed by atoms with Crippen LogP contribution in [0.25, 0.3) is 0 Å². The number of allylic oxidation sites excluding steroid dienone is 2. The average Bonchev–Trinajstić information content (AvgIpc) is 2.00. The maximum Gasteiger partial charge on any atom is 0.109 e. The molecular formula is C13H22O. The molecule has 0 saturated heterocycles. The normalized spacial score (nSPS) is 40.9. The molecular weight excluding hydrogens is 172 g/mol. The third kappa shape index (κ3) is 1.47. The third-order valence-electron chi connectivity index (χ3n) is 4.21. The smallest absolute Gasteiger partial charge is 0.109 e. The third-order valence-corrected chi connectivity index (χ3v) is 4.21. The van der Waals surface area contributed by atoms with Crippen molar-refractivity contribution in [2.45, 2.75) is 59.0 Å². The zero-order chi connectivity index (χ0) is 10.4. The number of hydrogen-bond acceptors (Lipinski definition) is 1. The molecule has 0 amide bonds. The first kappa shape index (κ1) is 10.1. The molecule has 2 atom stereocenters. The Morgan fingerprint density at radius 2 is 2.00 bits per heavy atom. The fourth-order valence-corrected chi connectivity index (χ4v) is 3.45. The molecule has 1 aliphatic heterocycles. The standard InChI is InChI=1S/C13H22O/c1-10-6-7-11-12(2,3)8-5-9-13(11,4)14-10/h6,11H,5,7-9H2,1-4H3/t11?,13-/m0/s1. The van der Waals surface area contributed by atoms with Crippen LogP contribution in [0.15, 0.2) is 11.8 Å². The van der Waals surface area contributed by atoms with E-state index >= 15 is 0 Å². The molecule has 1 unspecified atom stereocenters. The molecule has 2 aliphatic rings. The molecule has 1 fully saturated rings. The van der Waals surface area contributed by atoms with Crippen molar-refractivity contribution in [3.8, 4) is 0 Å². The van der Waals surface area contributed by atoms with Crippen molar-refractivity contribution in [1.29, 1.82) is 0 Å². The van der Waals surface area contributed by atoms with Crippen LogP contribution in [0, 0.1) is 11.3 Å². The summed E-state index contributed by atoms with van der Waals surface area (Å²) in [6.07, 6.45) is 7.36. The van der Waals surface area contributed by atoms with Gasteiger partial charge in [0.1, 0.15) is 5.60 Å². The lowest BCUT2D eigenvalue weighted by molar-refractivity contribution is -0.117. The van der Waals surface area contributed by atoms with E-state index in [-0.39, 0.29) is 5.60 Å². The first-order valence-electron chi connectivity index (χ1n) is 5.80. The molecule has 0 spiro atoms. The summed E-state index contributed by atoms with van der Waals surface area (Å²) >= 11 is 0. The number of rotatable bonds is 0. The van der Waals surface area contributed by atoms with Crippen LogP contribution in [0.3, 0.4) is 0 Å². The maximum absolute atomic E-state index is 6.07. The lowest BCUT2D eigenvalue weighted by atomic mass is 9.60. The zero-order valence-electron chi connectivity index (χ0n) is 9.89. The Morgan fingerprint density at radius 3 is 2.71 bits per heavy atom. The predicted molar refractivity (Wildman–Crippen MR) is 59.0 cm³/mol. The molecule has 0 aromatic carbocycles. The van der Waals surface area contributed by atoms with Gasteiger partial charge in [0.2, 0.25) is 0 Å². The van der Waals surface area contributed by atoms with E-state index in [0.717, 1.165) is 5.76 Å². The van der Waals surface area contributed by atoms with Gasteiger partial charge in [0, 0.05) is 5.92 Å². The van der Waals surface area contributed by atoms with Crippen molar-refractivity contribution < 1.29 is 4.74 Å². The van der Waals surface area contributed by atoms with Crippen molar-refractivity contribution in [2.75, 3.05) is 0 Å². The number of hydrogen-bond donors (Lipinski definition) is 0. The molecule has 1 nitrogen and oxygen atoms in total. The molecule has 0 radical (unpaired) electrons. The van der Waals surface area contributed by atoms with Crippen LogP contribution in [0.2, 0.25) is 0 Å². The van der Waals surface area contributed by atoms with Crippen LogP contribution in [0.4, 0.5) is 0 Å². The van der Waals surface area contributed by atoms with Gasteiger partial charge in [0.15, 0.2) is 0 Å². The molecule has 1 heterocycles. The highest BCUT2D eigenvalue weighted by atomic mass is 16.5. The second kappa shape index (κ2) is 3.01. The Morgan fingerprint density at radius 1 is 1.29 bits per heavy atom. The van der Waals surface area contributed by atoms with Gasteiger partial charge in [-0.1, -0.05) is 13.8 Å². The fraction of sp³-hybridized carbons (Fsp3) is 0.846. The largest absolute Gasteiger partial charge is 0.492 e. The first-order valence-corrected chi connectivity index (χ1v) is 5.80. The van der Waals surface area contributed by atoms with Crippen LogP contribution in [0.5, 0.6) is 0 Å². The molecule has 0 aromatic heterocycles. The second-order valence-corrected chi connectivity index (χ2v) is 5.86. The van der Waals surface area contributed by atoms with E-state index in [4.69, 9.17) is 4.74 Å². The molecule has 1 aliphatic carbocycles. The van der Waals surface area contributed by atoms with Gasteiger partial charge in [-0.3, -0.25) is 0 Å². The van der Waals surface area contributed by atoms with Crippen molar-refractivity contribution in [3.05, 3.63) is 11.8 Å². The predicted octanol–water partition coefficient (Wildman–Crippen LogP) is 3.90. The van der Waals surface area contributed by atoms with Crippen LogP contribution >= 0.6 is 0 Å². The van der Waals surface area contributed by atoms with Gasteiger partial charge in [-0.05, 0) is 51.0 Å². The van der Waals surface area contributed by atoms with Crippen LogP contribution in [-0.2, 0) is 4.74 Å². The summed E-state index contributed by atoms with van der Waals surface area (Å²) in [4.78, 5) is 0. The molecule has 1 saturated carbocycles. The Labute approximate surface area is 87.5 Å². The Kier molecular flexibility index (Phi) is 2.17. The Bertz CT molecular complexity index is 264. The van der Waals surface area contributed by atoms with E-state index in [2.05, 4.69) is 33.8 Å². The summed E-state index contributed by atoms with van der Waals surface area (Å²) in [6.45, 7) is 9.18. The summed E-state index contributed by atoms with van der Waals surface area (Å²) in [5, 5.41) is 0. The van der Waals surface area contributed by atoms with Crippen molar-refractivity contribution in [3.63, 3.8) is 0 Å². The van der Waals surface area contributed by atoms with E-state index in [1.165, 1.54) is 25.7 Å². The summed E-state index contributed by atoms with van der Waals surface area (Å²) < 4.78 is 6.07. The van der Waals surface area contributed by atoms with Gasteiger partial charge in [-0.25, -0.2) is 0 Å². The summed E-state index contributed by atoms with van der Waals surface area (Å²) in [5.74, 6) is 1.83. The maximum atomic E-state index is 6.07. The van der Waals surface area contributed by atoms with Gasteiger partial charge in [-0.2, -0.15) is 0 Å². The molecule has 80 valence electrons. The zero-order valence-corrected chi connectivity index (χ0v) is 9.89. The number of ether oxygens (including phenoxy) is 1. The minimum Gasteiger partial charge on any atom is -0.492 e. The van der Waals surface area contributed by atoms with Gasteiger partial charge in [-0.15, -0.1) is 0 Å². The van der Waals surface area contributed by atoms with E-state index in [0.29, 0.717) is 11.3 Å². The average molecular weight is 194 g/mol. The topological polar surface area (TPSA) is 9.23 Å². The lowest BCUT2D eigenvalue weighted by Crippen LogP contribution is -2.49. The van der Waals surface area contributed by atoms with Gasteiger partial charge in [0.25, 0.3) is 0 Å². The highest BCUT2D eigenvalue weighted by Crippen LogP contribution is 2.52. The van der Waals surface area contributed by atoms with E-state index in [1.807, 2.05) is 0 Å². The monoisotopic (exact) mass is 194 g/mol. The Hall–Kier alpha value is -0.460. The molecule has 0 aromatic rings. The number of fused-ring (bicyclic) bond motifs is 1. The highest BCUT2D eigenvalue weighted by molar-refractivity contribution is 5.08. The molecule has 0 N–H and O–H groups in total. The van der Waals surface area contributed by atoms with E-state index in [1.54, 1.807) is 0 Å². The SMILES string of the molecule is CC1=CCC2C(C)(C)CCC[C@]2(C)O1. The lowest BCUT2D eigenvalue weighted by Gasteiger charge is -2.52. The van der Waals surface area contributed by atoms with E-state index in [9.17, 15) is 0 Å². The van der Waals surface area contributed by atoms with E-state index < -0.39 is 0 Å². The molecule has 1 heteroatoms. The van der Waals surface area contributed by atoms with Crippen LogP contribution in [0.1, 0.15) is 53.4 Å².